The van der Waals surface area contributed by atoms with Crippen LogP contribution in [0.15, 0.2) is 24.3 Å². The SMILES string of the molecule is CC(C)C(CC=O)c1ccc(F)cc1. The van der Waals surface area contributed by atoms with Crippen LogP contribution in [0.25, 0.3) is 0 Å². The number of benzene rings is 1. The van der Waals surface area contributed by atoms with Crippen molar-refractivity contribution in [1.29, 1.82) is 0 Å². The van der Waals surface area contributed by atoms with E-state index in [9.17, 15) is 9.18 Å². The van der Waals surface area contributed by atoms with Crippen molar-refractivity contribution in [3.8, 4) is 0 Å². The fraction of sp³-hybridized carbons (Fsp3) is 0.417. The molecule has 0 aromatic heterocycles. The summed E-state index contributed by atoms with van der Waals surface area (Å²) in [5, 5.41) is 0. The molecule has 0 bridgehead atoms. The number of carbonyl (C=O) groups is 1. The van der Waals surface area contributed by atoms with Crippen LogP contribution in [0.1, 0.15) is 31.7 Å². The van der Waals surface area contributed by atoms with Crippen LogP contribution >= 0.6 is 0 Å². The molecule has 1 unspecified atom stereocenters. The highest BCUT2D eigenvalue weighted by Crippen LogP contribution is 2.26. The Labute approximate surface area is 83.9 Å². The molecular weight excluding hydrogens is 179 g/mol. The van der Waals surface area contributed by atoms with Crippen LogP contribution in [0.2, 0.25) is 0 Å². The molecule has 1 atom stereocenters. The van der Waals surface area contributed by atoms with Crippen LogP contribution in [-0.2, 0) is 4.79 Å². The van der Waals surface area contributed by atoms with Crippen LogP contribution in [0, 0.1) is 11.7 Å². The van der Waals surface area contributed by atoms with Gasteiger partial charge in [-0.15, -0.1) is 0 Å². The minimum atomic E-state index is -0.234. The van der Waals surface area contributed by atoms with E-state index < -0.39 is 0 Å². The van der Waals surface area contributed by atoms with Crippen molar-refractivity contribution in [1.82, 2.24) is 0 Å². The summed E-state index contributed by atoms with van der Waals surface area (Å²) in [6, 6.07) is 6.39. The van der Waals surface area contributed by atoms with Gasteiger partial charge in [-0.3, -0.25) is 0 Å². The maximum absolute atomic E-state index is 12.7. The lowest BCUT2D eigenvalue weighted by Gasteiger charge is -2.18. The van der Waals surface area contributed by atoms with Gasteiger partial charge in [0, 0.05) is 6.42 Å². The van der Waals surface area contributed by atoms with Gasteiger partial charge in [-0.2, -0.15) is 0 Å². The third-order valence-electron chi connectivity index (χ3n) is 2.45. The largest absolute Gasteiger partial charge is 0.303 e. The molecule has 0 radical (unpaired) electrons. The average molecular weight is 194 g/mol. The van der Waals surface area contributed by atoms with Crippen molar-refractivity contribution >= 4 is 6.29 Å². The predicted octanol–water partition coefficient (Wildman–Crippen LogP) is 3.15. The summed E-state index contributed by atoms with van der Waals surface area (Å²) in [7, 11) is 0. The predicted molar refractivity (Wildman–Crippen MR) is 54.7 cm³/mol. The number of carbonyl (C=O) groups excluding carboxylic acids is 1. The van der Waals surface area contributed by atoms with Gasteiger partial charge in [0.2, 0.25) is 0 Å². The molecule has 0 heterocycles. The number of hydrogen-bond donors (Lipinski definition) is 0. The van der Waals surface area contributed by atoms with Crippen LogP contribution in [-0.4, -0.2) is 6.29 Å². The van der Waals surface area contributed by atoms with Crippen molar-refractivity contribution in [3.63, 3.8) is 0 Å². The molecule has 0 spiro atoms. The topological polar surface area (TPSA) is 17.1 Å². The first-order chi connectivity index (χ1) is 6.65. The summed E-state index contributed by atoms with van der Waals surface area (Å²) in [5.74, 6) is 0.362. The summed E-state index contributed by atoms with van der Waals surface area (Å²) < 4.78 is 12.7. The van der Waals surface area contributed by atoms with Crippen LogP contribution in [0.3, 0.4) is 0 Å². The monoisotopic (exact) mass is 194 g/mol. The van der Waals surface area contributed by atoms with Crippen molar-refractivity contribution in [2.45, 2.75) is 26.2 Å². The van der Waals surface area contributed by atoms with Gasteiger partial charge in [-0.1, -0.05) is 26.0 Å². The van der Waals surface area contributed by atoms with E-state index in [0.29, 0.717) is 12.3 Å². The Morgan fingerprint density at radius 2 is 1.86 bits per heavy atom. The standard InChI is InChI=1S/C12H15FO/c1-9(2)12(7-8-14)10-3-5-11(13)6-4-10/h3-6,8-9,12H,7H2,1-2H3. The number of hydrogen-bond acceptors (Lipinski definition) is 1. The van der Waals surface area contributed by atoms with E-state index in [2.05, 4.69) is 13.8 Å². The fourth-order valence-corrected chi connectivity index (χ4v) is 1.61. The summed E-state index contributed by atoms with van der Waals surface area (Å²) in [6.45, 7) is 4.13. The molecule has 0 aliphatic rings. The minimum absolute atomic E-state index is 0.202. The van der Waals surface area contributed by atoms with Gasteiger partial charge in [-0.25, -0.2) is 4.39 Å². The van der Waals surface area contributed by atoms with Gasteiger partial charge in [0.05, 0.1) is 0 Å². The van der Waals surface area contributed by atoms with Gasteiger partial charge >= 0.3 is 0 Å². The zero-order chi connectivity index (χ0) is 10.6. The lowest BCUT2D eigenvalue weighted by Crippen LogP contribution is -2.07. The molecule has 0 N–H and O–H groups in total. The molecule has 0 aliphatic carbocycles. The molecule has 14 heavy (non-hydrogen) atoms. The van der Waals surface area contributed by atoms with E-state index in [4.69, 9.17) is 0 Å². The normalized spacial score (nSPS) is 12.9. The first-order valence-corrected chi connectivity index (χ1v) is 4.84. The highest BCUT2D eigenvalue weighted by atomic mass is 19.1. The molecule has 0 fully saturated rings. The van der Waals surface area contributed by atoms with Gasteiger partial charge in [0.1, 0.15) is 12.1 Å². The molecule has 2 heteroatoms. The van der Waals surface area contributed by atoms with Crippen LogP contribution in [0.5, 0.6) is 0 Å². The van der Waals surface area contributed by atoms with Gasteiger partial charge in [-0.05, 0) is 29.5 Å². The van der Waals surface area contributed by atoms with E-state index in [1.807, 2.05) is 0 Å². The van der Waals surface area contributed by atoms with E-state index in [-0.39, 0.29) is 11.7 Å². The molecule has 76 valence electrons. The minimum Gasteiger partial charge on any atom is -0.303 e. The second-order valence-corrected chi connectivity index (χ2v) is 3.80. The van der Waals surface area contributed by atoms with Crippen LogP contribution in [0.4, 0.5) is 4.39 Å². The van der Waals surface area contributed by atoms with Gasteiger partial charge in [0.25, 0.3) is 0 Å². The summed E-state index contributed by atoms with van der Waals surface area (Å²) >= 11 is 0. The zero-order valence-electron chi connectivity index (χ0n) is 8.53. The van der Waals surface area contributed by atoms with E-state index in [0.717, 1.165) is 11.8 Å². The Balaban J connectivity index is 2.87. The van der Waals surface area contributed by atoms with E-state index >= 15 is 0 Å². The first-order valence-electron chi connectivity index (χ1n) is 4.84. The Hall–Kier alpha value is -1.18. The fourth-order valence-electron chi connectivity index (χ4n) is 1.61. The molecule has 1 nitrogen and oxygen atoms in total. The van der Waals surface area contributed by atoms with Crippen molar-refractivity contribution in [3.05, 3.63) is 35.6 Å². The van der Waals surface area contributed by atoms with E-state index in [1.165, 1.54) is 12.1 Å². The maximum Gasteiger partial charge on any atom is 0.123 e. The van der Waals surface area contributed by atoms with E-state index in [1.54, 1.807) is 12.1 Å². The lowest BCUT2D eigenvalue weighted by molar-refractivity contribution is -0.108. The molecule has 1 aromatic carbocycles. The van der Waals surface area contributed by atoms with Crippen molar-refractivity contribution in [2.75, 3.05) is 0 Å². The molecule has 0 saturated carbocycles. The zero-order valence-corrected chi connectivity index (χ0v) is 8.53. The highest BCUT2D eigenvalue weighted by Gasteiger charge is 2.14. The molecule has 0 aliphatic heterocycles. The lowest BCUT2D eigenvalue weighted by atomic mass is 9.86. The van der Waals surface area contributed by atoms with Gasteiger partial charge in [0.15, 0.2) is 0 Å². The molecular formula is C12H15FO. The molecule has 0 saturated heterocycles. The number of aldehydes is 1. The quantitative estimate of drug-likeness (QED) is 0.673. The van der Waals surface area contributed by atoms with Crippen molar-refractivity contribution < 1.29 is 9.18 Å². The highest BCUT2D eigenvalue weighted by molar-refractivity contribution is 5.51. The third kappa shape index (κ3) is 2.66. The Bertz CT molecular complexity index is 290. The number of halogens is 1. The molecule has 0 amide bonds. The van der Waals surface area contributed by atoms with Crippen LogP contribution < -0.4 is 0 Å². The summed E-state index contributed by atoms with van der Waals surface area (Å²) in [5.41, 5.74) is 1.04. The van der Waals surface area contributed by atoms with Crippen molar-refractivity contribution in [2.24, 2.45) is 5.92 Å². The second kappa shape index (κ2) is 4.89. The Morgan fingerprint density at radius 1 is 1.29 bits per heavy atom. The first kappa shape index (κ1) is 10.9. The second-order valence-electron chi connectivity index (χ2n) is 3.80. The maximum atomic E-state index is 12.7. The number of rotatable bonds is 4. The Morgan fingerprint density at radius 3 is 2.29 bits per heavy atom. The smallest absolute Gasteiger partial charge is 0.123 e. The molecule has 1 rings (SSSR count). The average Bonchev–Trinajstić information content (AvgIpc) is 2.15. The summed E-state index contributed by atoms with van der Waals surface area (Å²) in [4.78, 5) is 10.5. The third-order valence-corrected chi connectivity index (χ3v) is 2.45. The molecule has 1 aromatic rings. The Kier molecular flexibility index (Phi) is 3.81. The van der Waals surface area contributed by atoms with Gasteiger partial charge < -0.3 is 4.79 Å². The summed E-state index contributed by atoms with van der Waals surface area (Å²) in [6.07, 6.45) is 1.43.